The highest BCUT2D eigenvalue weighted by molar-refractivity contribution is 7.45. The van der Waals surface area contributed by atoms with E-state index in [-0.39, 0.29) is 32.0 Å². The van der Waals surface area contributed by atoms with Gasteiger partial charge in [-0.15, -0.1) is 0 Å². The zero-order valence-electron chi connectivity index (χ0n) is 55.8. The molecule has 0 aliphatic carbocycles. The Morgan fingerprint density at radius 3 is 1.00 bits per heavy atom. The fraction of sp³-hybridized carbons (Fsp3) is 0.733. The minimum atomic E-state index is -4.65. The molecule has 490 valence electrons. The average molecular weight is 1210 g/mol. The molecule has 0 aliphatic heterocycles. The third-order valence-corrected chi connectivity index (χ3v) is 16.0. The maximum Gasteiger partial charge on any atom is 0.306 e. The Labute approximate surface area is 525 Å². The highest BCUT2D eigenvalue weighted by Gasteiger charge is 2.22. The lowest BCUT2D eigenvalue weighted by Crippen LogP contribution is -2.37. The Morgan fingerprint density at radius 2 is 0.671 bits per heavy atom. The van der Waals surface area contributed by atoms with E-state index in [1.807, 2.05) is 21.1 Å². The van der Waals surface area contributed by atoms with Crippen LogP contribution in [0.25, 0.3) is 0 Å². The third-order valence-electron chi connectivity index (χ3n) is 15.1. The van der Waals surface area contributed by atoms with Crippen molar-refractivity contribution in [2.45, 2.75) is 309 Å². The van der Waals surface area contributed by atoms with Gasteiger partial charge in [0.2, 0.25) is 0 Å². The van der Waals surface area contributed by atoms with Crippen LogP contribution in [0, 0.1) is 0 Å². The Kier molecular flexibility index (Phi) is 62.6. The number of hydrogen-bond acceptors (Lipinski definition) is 8. The smallest absolute Gasteiger partial charge is 0.306 e. The summed E-state index contributed by atoms with van der Waals surface area (Å²) in [7, 11) is 1.16. The molecular formula is C75H132NO8P. The second kappa shape index (κ2) is 65.1. The predicted molar refractivity (Wildman–Crippen MR) is 365 cm³/mol. The molecule has 0 bridgehead atoms. The molecule has 0 heterocycles. The summed E-state index contributed by atoms with van der Waals surface area (Å²) in [5, 5.41) is 0. The normalized spacial score (nSPS) is 13.8. The van der Waals surface area contributed by atoms with E-state index in [0.717, 1.165) is 103 Å². The molecule has 0 aromatic rings. The lowest BCUT2D eigenvalue weighted by molar-refractivity contribution is -0.870. The summed E-state index contributed by atoms with van der Waals surface area (Å²) in [6, 6.07) is 0. The molecule has 0 rings (SSSR count). The summed E-state index contributed by atoms with van der Waals surface area (Å²) >= 11 is 0. The molecule has 85 heavy (non-hydrogen) atoms. The number of likely N-dealkylation sites (N-methyl/N-ethyl adjacent to an activating group) is 1. The number of ether oxygens (including phenoxy) is 2. The van der Waals surface area contributed by atoms with Crippen LogP contribution in [0.15, 0.2) is 109 Å². The SMILES string of the molecule is CC/C=C\C/C=C\C/C=C\C/C=C\C/C=C\C/C=C\C/C=C\C/C=C\C/C=C\CCCCCCCCCCCC(=O)OC(COC(=O)CCCCCCCCCCCCCCCCCCCCCCCCCC)COP(=O)([O-])OCC[N+](C)(C)C. The number of phosphoric ester groups is 1. The van der Waals surface area contributed by atoms with E-state index >= 15 is 0 Å². The van der Waals surface area contributed by atoms with Gasteiger partial charge >= 0.3 is 11.9 Å². The second-order valence-electron chi connectivity index (χ2n) is 24.5. The van der Waals surface area contributed by atoms with Crippen LogP contribution in [0.2, 0.25) is 0 Å². The van der Waals surface area contributed by atoms with Crippen LogP contribution in [0.5, 0.6) is 0 Å². The molecule has 0 aromatic heterocycles. The minimum Gasteiger partial charge on any atom is -0.756 e. The van der Waals surface area contributed by atoms with Gasteiger partial charge in [-0.1, -0.05) is 316 Å². The Bertz CT molecular complexity index is 1800. The van der Waals surface area contributed by atoms with Gasteiger partial charge in [0.1, 0.15) is 19.8 Å². The van der Waals surface area contributed by atoms with Gasteiger partial charge in [-0.3, -0.25) is 14.2 Å². The number of carbonyl (C=O) groups is 2. The van der Waals surface area contributed by atoms with Crippen LogP contribution in [-0.2, 0) is 32.7 Å². The summed E-state index contributed by atoms with van der Waals surface area (Å²) in [6.45, 7) is 4.15. The first-order valence-electron chi connectivity index (χ1n) is 35.1. The van der Waals surface area contributed by atoms with Crippen molar-refractivity contribution in [1.29, 1.82) is 0 Å². The predicted octanol–water partition coefficient (Wildman–Crippen LogP) is 22.2. The maximum absolute atomic E-state index is 12.9. The van der Waals surface area contributed by atoms with Gasteiger partial charge in [-0.05, 0) is 83.5 Å². The molecule has 0 amide bonds. The molecule has 0 spiro atoms. The van der Waals surface area contributed by atoms with Gasteiger partial charge in [0.15, 0.2) is 6.10 Å². The van der Waals surface area contributed by atoms with Crippen LogP contribution in [0.1, 0.15) is 303 Å². The van der Waals surface area contributed by atoms with Crippen molar-refractivity contribution in [1.82, 2.24) is 0 Å². The molecular weight excluding hydrogens is 1070 g/mol. The lowest BCUT2D eigenvalue weighted by atomic mass is 10.0. The molecule has 2 unspecified atom stereocenters. The van der Waals surface area contributed by atoms with Gasteiger partial charge < -0.3 is 27.9 Å². The largest absolute Gasteiger partial charge is 0.756 e. The topological polar surface area (TPSA) is 111 Å². The molecule has 0 aliphatic rings. The van der Waals surface area contributed by atoms with Crippen LogP contribution in [-0.4, -0.2) is 70.0 Å². The van der Waals surface area contributed by atoms with Crippen LogP contribution in [0.4, 0.5) is 0 Å². The van der Waals surface area contributed by atoms with E-state index in [1.54, 1.807) is 0 Å². The molecule has 10 heteroatoms. The fourth-order valence-electron chi connectivity index (χ4n) is 9.71. The van der Waals surface area contributed by atoms with E-state index in [2.05, 4.69) is 123 Å². The number of unbranched alkanes of at least 4 members (excludes halogenated alkanes) is 32. The van der Waals surface area contributed by atoms with Crippen molar-refractivity contribution < 1.29 is 42.1 Å². The molecule has 0 N–H and O–H groups in total. The zero-order valence-corrected chi connectivity index (χ0v) is 56.7. The first-order chi connectivity index (χ1) is 41.5. The molecule has 0 saturated carbocycles. The van der Waals surface area contributed by atoms with Crippen molar-refractivity contribution in [2.24, 2.45) is 0 Å². The quantitative estimate of drug-likeness (QED) is 0.0195. The number of allylic oxidation sites excluding steroid dienone is 18. The average Bonchev–Trinajstić information content (AvgIpc) is 3.50. The van der Waals surface area contributed by atoms with Gasteiger partial charge in [0.05, 0.1) is 27.7 Å². The van der Waals surface area contributed by atoms with Crippen LogP contribution < -0.4 is 4.89 Å². The molecule has 0 radical (unpaired) electrons. The van der Waals surface area contributed by atoms with Crippen LogP contribution in [0.3, 0.4) is 0 Å². The van der Waals surface area contributed by atoms with E-state index in [9.17, 15) is 19.0 Å². The highest BCUT2D eigenvalue weighted by Crippen LogP contribution is 2.38. The minimum absolute atomic E-state index is 0.0350. The van der Waals surface area contributed by atoms with Crippen LogP contribution >= 0.6 is 7.82 Å². The van der Waals surface area contributed by atoms with Crippen molar-refractivity contribution in [2.75, 3.05) is 47.5 Å². The molecule has 2 atom stereocenters. The standard InChI is InChI=1S/C75H132NO8P/c1-6-8-10-12-14-16-18-20-22-24-26-28-30-32-33-34-35-36-37-38-39-40-41-42-43-44-46-48-50-52-54-56-58-60-62-64-66-68-75(78)84-73(72-83-85(79,80)82-70-69-76(3,4)5)71-81-74(77)67-65-63-61-59-57-55-53-51-49-47-45-31-29-27-25-23-21-19-17-15-13-11-9-7-2/h8,10,14,16,20,22,26,28,32-33,35-36,38-39,41-42,44,46,73H,6-7,9,11-13,15,17-19,21,23-25,27,29-31,34,37,40,43,45,47-72H2,1-5H3/b10-8-,16-14-,22-20-,28-26-,33-32-,36-35-,39-38-,42-41-,46-44-. The van der Waals surface area contributed by atoms with Gasteiger partial charge in [0, 0.05) is 12.8 Å². The molecule has 0 fully saturated rings. The van der Waals surface area contributed by atoms with E-state index in [0.29, 0.717) is 17.4 Å². The maximum atomic E-state index is 12.9. The molecule has 0 aromatic carbocycles. The Hall–Kier alpha value is -3.33. The Balaban J connectivity index is 4.09. The van der Waals surface area contributed by atoms with E-state index < -0.39 is 26.5 Å². The summed E-state index contributed by atoms with van der Waals surface area (Å²) in [6.07, 6.45) is 91.6. The van der Waals surface area contributed by atoms with E-state index in [4.69, 9.17) is 18.5 Å². The molecule has 9 nitrogen and oxygen atoms in total. The first-order valence-corrected chi connectivity index (χ1v) is 36.6. The fourth-order valence-corrected chi connectivity index (χ4v) is 10.4. The number of esters is 2. The highest BCUT2D eigenvalue weighted by atomic mass is 31.2. The number of rotatable bonds is 64. The first kappa shape index (κ1) is 81.7. The van der Waals surface area contributed by atoms with E-state index in [1.165, 1.54) is 167 Å². The summed E-state index contributed by atoms with van der Waals surface area (Å²) in [5.74, 6) is -0.833. The number of phosphoric acid groups is 1. The molecule has 0 saturated heterocycles. The number of quaternary nitrogens is 1. The lowest BCUT2D eigenvalue weighted by Gasteiger charge is -2.28. The van der Waals surface area contributed by atoms with Crippen molar-refractivity contribution >= 4 is 19.8 Å². The van der Waals surface area contributed by atoms with Gasteiger partial charge in [-0.2, -0.15) is 0 Å². The van der Waals surface area contributed by atoms with Crippen molar-refractivity contribution in [3.05, 3.63) is 109 Å². The monoisotopic (exact) mass is 1210 g/mol. The second-order valence-corrected chi connectivity index (χ2v) is 25.9. The number of nitrogens with zero attached hydrogens (tertiary/aromatic N) is 1. The van der Waals surface area contributed by atoms with Crippen molar-refractivity contribution in [3.63, 3.8) is 0 Å². The summed E-state index contributed by atoms with van der Waals surface area (Å²) in [5.41, 5.74) is 0. The summed E-state index contributed by atoms with van der Waals surface area (Å²) in [4.78, 5) is 38.1. The number of hydrogen-bond donors (Lipinski definition) is 0. The number of carbonyl (C=O) groups excluding carboxylic acids is 2. The van der Waals surface area contributed by atoms with Gasteiger partial charge in [0.25, 0.3) is 7.82 Å². The zero-order chi connectivity index (χ0) is 61.9. The van der Waals surface area contributed by atoms with Crippen molar-refractivity contribution in [3.8, 4) is 0 Å². The summed E-state index contributed by atoms with van der Waals surface area (Å²) < 4.78 is 34.3. The van der Waals surface area contributed by atoms with Gasteiger partial charge in [-0.25, -0.2) is 0 Å². The Morgan fingerprint density at radius 1 is 0.376 bits per heavy atom. The third kappa shape index (κ3) is 69.6.